The first-order valence-corrected chi connectivity index (χ1v) is 11.7. The maximum absolute atomic E-state index is 14.2. The third kappa shape index (κ3) is 5.36. The molecule has 2 N–H and O–H groups in total. The third-order valence-corrected chi connectivity index (χ3v) is 5.70. The second kappa shape index (κ2) is 11.0. The number of rotatable bonds is 8. The Hall–Kier alpha value is -4.50. The minimum atomic E-state index is -0.875. The van der Waals surface area contributed by atoms with E-state index in [1.54, 1.807) is 36.4 Å². The van der Waals surface area contributed by atoms with Gasteiger partial charge in [-0.2, -0.15) is 0 Å². The number of halogens is 2. The summed E-state index contributed by atoms with van der Waals surface area (Å²) in [6.45, 7) is 2.13. The average Bonchev–Trinajstić information content (AvgIpc) is 3.11. The van der Waals surface area contributed by atoms with Crippen LogP contribution in [0.5, 0.6) is 0 Å². The van der Waals surface area contributed by atoms with Crippen molar-refractivity contribution >= 4 is 52.4 Å². The quantitative estimate of drug-likeness (QED) is 0.316. The van der Waals surface area contributed by atoms with Crippen LogP contribution in [0.4, 0.5) is 21.5 Å². The summed E-state index contributed by atoms with van der Waals surface area (Å²) in [5.41, 5.74) is 0.482. The fourth-order valence-electron chi connectivity index (χ4n) is 3.58. The molecular weight excluding hydrogens is 501 g/mol. The molecular formula is C27H21ClFN3O5. The van der Waals surface area contributed by atoms with Crippen molar-refractivity contribution in [2.75, 3.05) is 22.1 Å². The van der Waals surface area contributed by atoms with Crippen LogP contribution in [-0.4, -0.2) is 30.3 Å². The molecule has 1 aliphatic rings. The van der Waals surface area contributed by atoms with Crippen molar-refractivity contribution in [2.24, 2.45) is 0 Å². The standard InChI is InChI=1S/C27H21ClFN3O5/c1-2-14-37-27(36)18-10-3-5-12-20(18)31-24(33)16-8-7-9-17(15-16)30-23-22(28)25(34)32(26(23)35)21-13-6-4-11-19(21)29/h3-13,15,30H,2,14H2,1H3,(H,31,33). The van der Waals surface area contributed by atoms with Crippen LogP contribution in [0.1, 0.15) is 34.1 Å². The smallest absolute Gasteiger partial charge is 0.340 e. The summed E-state index contributed by atoms with van der Waals surface area (Å²) >= 11 is 6.12. The van der Waals surface area contributed by atoms with Crippen LogP contribution < -0.4 is 15.5 Å². The average molecular weight is 522 g/mol. The lowest BCUT2D eigenvalue weighted by atomic mass is 10.1. The van der Waals surface area contributed by atoms with Gasteiger partial charge in [-0.1, -0.05) is 48.9 Å². The number of nitrogens with one attached hydrogen (secondary N) is 2. The topological polar surface area (TPSA) is 105 Å². The van der Waals surface area contributed by atoms with Crippen LogP contribution in [0.15, 0.2) is 83.5 Å². The van der Waals surface area contributed by atoms with Crippen molar-refractivity contribution < 1.29 is 28.3 Å². The van der Waals surface area contributed by atoms with E-state index in [4.69, 9.17) is 16.3 Å². The molecule has 0 aliphatic carbocycles. The number of hydrogen-bond acceptors (Lipinski definition) is 6. The summed E-state index contributed by atoms with van der Waals surface area (Å²) in [6, 6.07) is 17.9. The summed E-state index contributed by atoms with van der Waals surface area (Å²) in [7, 11) is 0. The Morgan fingerprint density at radius 2 is 1.70 bits per heavy atom. The number of esters is 1. The highest BCUT2D eigenvalue weighted by molar-refractivity contribution is 6.53. The number of carbonyl (C=O) groups excluding carboxylic acids is 4. The first-order chi connectivity index (χ1) is 17.8. The van der Waals surface area contributed by atoms with E-state index in [1.807, 2.05) is 6.92 Å². The van der Waals surface area contributed by atoms with E-state index in [0.717, 1.165) is 6.07 Å². The molecule has 0 aromatic heterocycles. The predicted octanol–water partition coefficient (Wildman–Crippen LogP) is 5.08. The zero-order valence-corrected chi connectivity index (χ0v) is 20.3. The van der Waals surface area contributed by atoms with E-state index in [2.05, 4.69) is 10.6 Å². The van der Waals surface area contributed by atoms with Gasteiger partial charge in [-0.15, -0.1) is 0 Å². The number of ether oxygens (including phenoxy) is 1. The van der Waals surface area contributed by atoms with Crippen molar-refractivity contribution in [1.82, 2.24) is 0 Å². The molecule has 0 bridgehead atoms. The lowest BCUT2D eigenvalue weighted by Crippen LogP contribution is -2.33. The van der Waals surface area contributed by atoms with Crippen LogP contribution in [0, 0.1) is 5.82 Å². The van der Waals surface area contributed by atoms with Gasteiger partial charge in [-0.3, -0.25) is 14.4 Å². The Kier molecular flexibility index (Phi) is 7.64. The molecule has 0 saturated heterocycles. The van der Waals surface area contributed by atoms with E-state index < -0.39 is 34.5 Å². The van der Waals surface area contributed by atoms with Crippen LogP contribution in [0.25, 0.3) is 0 Å². The fraction of sp³-hybridized carbons (Fsp3) is 0.111. The second-order valence-electron chi connectivity index (χ2n) is 7.93. The van der Waals surface area contributed by atoms with E-state index >= 15 is 0 Å². The molecule has 3 aromatic rings. The molecule has 0 atom stereocenters. The van der Waals surface area contributed by atoms with Crippen molar-refractivity contribution in [3.63, 3.8) is 0 Å². The molecule has 188 valence electrons. The molecule has 0 saturated carbocycles. The molecule has 0 radical (unpaired) electrons. The Bertz CT molecular complexity index is 1440. The van der Waals surface area contributed by atoms with Crippen LogP contribution in [-0.2, 0) is 14.3 Å². The molecule has 4 rings (SSSR count). The summed E-state index contributed by atoms with van der Waals surface area (Å²) in [5, 5.41) is 5.03. The number of benzene rings is 3. The summed E-state index contributed by atoms with van der Waals surface area (Å²) in [4.78, 5) is 51.5. The first kappa shape index (κ1) is 25.6. The van der Waals surface area contributed by atoms with Crippen LogP contribution >= 0.6 is 11.6 Å². The molecule has 0 spiro atoms. The van der Waals surface area contributed by atoms with Gasteiger partial charge in [-0.05, 0) is 48.9 Å². The van der Waals surface area contributed by atoms with Crippen LogP contribution in [0.3, 0.4) is 0 Å². The van der Waals surface area contributed by atoms with Gasteiger partial charge >= 0.3 is 5.97 Å². The number of hydrogen-bond donors (Lipinski definition) is 2. The maximum atomic E-state index is 14.2. The largest absolute Gasteiger partial charge is 0.462 e. The van der Waals surface area contributed by atoms with Gasteiger partial charge in [-0.25, -0.2) is 14.1 Å². The molecule has 0 fully saturated rings. The van der Waals surface area contributed by atoms with Crippen molar-refractivity contribution in [3.05, 3.63) is 100 Å². The highest BCUT2D eigenvalue weighted by Crippen LogP contribution is 2.31. The second-order valence-corrected chi connectivity index (χ2v) is 8.31. The Morgan fingerprint density at radius 1 is 0.973 bits per heavy atom. The first-order valence-electron chi connectivity index (χ1n) is 11.3. The van der Waals surface area contributed by atoms with E-state index in [0.29, 0.717) is 11.3 Å². The zero-order valence-electron chi connectivity index (χ0n) is 19.6. The molecule has 8 nitrogen and oxygen atoms in total. The maximum Gasteiger partial charge on any atom is 0.340 e. The molecule has 1 heterocycles. The summed E-state index contributed by atoms with van der Waals surface area (Å²) in [6.07, 6.45) is 0.659. The number of anilines is 3. The van der Waals surface area contributed by atoms with Gasteiger partial charge in [0.2, 0.25) is 0 Å². The van der Waals surface area contributed by atoms with Gasteiger partial charge in [0, 0.05) is 11.3 Å². The Labute approximate surface area is 216 Å². The highest BCUT2D eigenvalue weighted by Gasteiger charge is 2.40. The van der Waals surface area contributed by atoms with E-state index in [-0.39, 0.29) is 40.5 Å². The van der Waals surface area contributed by atoms with Crippen LogP contribution in [0.2, 0.25) is 0 Å². The molecule has 10 heteroatoms. The normalized spacial score (nSPS) is 13.1. The minimum absolute atomic E-state index is 0.196. The minimum Gasteiger partial charge on any atom is -0.462 e. The molecule has 3 aromatic carbocycles. The van der Waals surface area contributed by atoms with Gasteiger partial charge in [0.05, 0.1) is 23.5 Å². The SMILES string of the molecule is CCCOC(=O)c1ccccc1NC(=O)c1cccc(NC2=C(Cl)C(=O)N(c3ccccc3F)C2=O)c1. The fourth-order valence-corrected chi connectivity index (χ4v) is 3.80. The van der Waals surface area contributed by atoms with Gasteiger partial charge in [0.15, 0.2) is 0 Å². The van der Waals surface area contributed by atoms with Gasteiger partial charge < -0.3 is 15.4 Å². The number of para-hydroxylation sites is 2. The Balaban J connectivity index is 1.53. The van der Waals surface area contributed by atoms with Gasteiger partial charge in [0.25, 0.3) is 17.7 Å². The lowest BCUT2D eigenvalue weighted by Gasteiger charge is -2.16. The number of carbonyl (C=O) groups is 4. The molecule has 1 aliphatic heterocycles. The third-order valence-electron chi connectivity index (χ3n) is 5.35. The van der Waals surface area contributed by atoms with E-state index in [1.165, 1.54) is 30.3 Å². The monoisotopic (exact) mass is 521 g/mol. The predicted molar refractivity (Wildman–Crippen MR) is 137 cm³/mol. The van der Waals surface area contributed by atoms with Gasteiger partial charge in [0.1, 0.15) is 16.5 Å². The molecule has 37 heavy (non-hydrogen) atoms. The zero-order chi connectivity index (χ0) is 26.5. The highest BCUT2D eigenvalue weighted by atomic mass is 35.5. The van der Waals surface area contributed by atoms with Crippen molar-refractivity contribution in [2.45, 2.75) is 13.3 Å². The van der Waals surface area contributed by atoms with Crippen molar-refractivity contribution in [1.29, 1.82) is 0 Å². The number of nitrogens with zero attached hydrogens (tertiary/aromatic N) is 1. The Morgan fingerprint density at radius 3 is 2.46 bits per heavy atom. The summed E-state index contributed by atoms with van der Waals surface area (Å²) in [5.74, 6) is -3.55. The molecule has 3 amide bonds. The van der Waals surface area contributed by atoms with Crippen molar-refractivity contribution in [3.8, 4) is 0 Å². The molecule has 0 unspecified atom stereocenters. The number of imide groups is 1. The summed E-state index contributed by atoms with van der Waals surface area (Å²) < 4.78 is 19.4. The van der Waals surface area contributed by atoms with E-state index in [9.17, 15) is 23.6 Å². The number of amides is 3. The lowest BCUT2D eigenvalue weighted by molar-refractivity contribution is -0.120.